The summed E-state index contributed by atoms with van der Waals surface area (Å²) in [5.74, 6) is -0.137. The summed E-state index contributed by atoms with van der Waals surface area (Å²) < 4.78 is 13.6. The van der Waals surface area contributed by atoms with Crippen molar-refractivity contribution in [3.8, 4) is 0 Å². The average molecular weight is 489 g/mol. The van der Waals surface area contributed by atoms with E-state index in [0.717, 1.165) is 23.2 Å². The predicted octanol–water partition coefficient (Wildman–Crippen LogP) is 7.43. The zero-order chi connectivity index (χ0) is 22.4. The summed E-state index contributed by atoms with van der Waals surface area (Å²) in [6.45, 7) is 0. The van der Waals surface area contributed by atoms with Gasteiger partial charge in [-0.3, -0.25) is 10.1 Å². The Hall–Kier alpha value is -2.28. The fraction of sp³-hybridized carbons (Fsp3) is 0.250. The Balaban J connectivity index is 1.54. The smallest absolute Gasteiger partial charge is 0.282 e. The maximum absolute atomic E-state index is 13.6. The van der Waals surface area contributed by atoms with Crippen LogP contribution in [0.4, 0.5) is 15.8 Å². The molecule has 0 aromatic heterocycles. The van der Waals surface area contributed by atoms with E-state index >= 15 is 0 Å². The highest BCUT2D eigenvalue weighted by molar-refractivity contribution is 8.00. The molecule has 1 aliphatic heterocycles. The Morgan fingerprint density at radius 3 is 2.56 bits per heavy atom. The van der Waals surface area contributed by atoms with Gasteiger partial charge in [-0.1, -0.05) is 48.0 Å². The molecule has 1 heterocycles. The maximum Gasteiger partial charge on any atom is 0.282 e. The first-order valence-corrected chi connectivity index (χ1v) is 12.0. The number of halogens is 3. The molecule has 1 fully saturated rings. The fourth-order valence-corrected chi connectivity index (χ4v) is 7.16. The molecule has 8 heteroatoms. The van der Waals surface area contributed by atoms with Crippen LogP contribution >= 0.6 is 35.0 Å². The lowest BCUT2D eigenvalue weighted by Crippen LogP contribution is -2.31. The molecule has 1 saturated carbocycles. The van der Waals surface area contributed by atoms with E-state index < -0.39 is 0 Å². The molecule has 1 N–H and O–H groups in total. The second-order valence-corrected chi connectivity index (χ2v) is 10.3. The van der Waals surface area contributed by atoms with Crippen LogP contribution in [-0.4, -0.2) is 15.6 Å². The minimum absolute atomic E-state index is 0.0157. The summed E-state index contributed by atoms with van der Waals surface area (Å²) >= 11 is 15.1. The van der Waals surface area contributed by atoms with Crippen LogP contribution in [-0.2, 0) is 0 Å². The van der Waals surface area contributed by atoms with Crippen LogP contribution in [0.15, 0.2) is 71.6 Å². The van der Waals surface area contributed by atoms with Crippen LogP contribution in [0.3, 0.4) is 0 Å². The van der Waals surface area contributed by atoms with Crippen molar-refractivity contribution in [1.29, 1.82) is 0 Å². The number of hydrogen-bond donors (Lipinski definition) is 1. The van der Waals surface area contributed by atoms with Gasteiger partial charge in [0.25, 0.3) is 5.69 Å². The summed E-state index contributed by atoms with van der Waals surface area (Å²) in [6, 6.07) is 19.0. The highest BCUT2D eigenvalue weighted by Gasteiger charge is 2.50. The Morgan fingerprint density at radius 1 is 1.06 bits per heavy atom. The molecular weight excluding hydrogens is 470 g/mol. The van der Waals surface area contributed by atoms with Crippen molar-refractivity contribution >= 4 is 46.3 Å². The van der Waals surface area contributed by atoms with E-state index in [1.54, 1.807) is 30.3 Å². The number of alkyl halides is 1. The van der Waals surface area contributed by atoms with Crippen molar-refractivity contribution in [3.63, 3.8) is 0 Å². The van der Waals surface area contributed by atoms with E-state index in [9.17, 15) is 14.5 Å². The molecule has 0 saturated heterocycles. The Kier molecular flexibility index (Phi) is 5.78. The number of rotatable bonds is 4. The lowest BCUT2D eigenvalue weighted by atomic mass is 9.77. The predicted molar refractivity (Wildman–Crippen MR) is 127 cm³/mol. The molecule has 3 aromatic rings. The summed E-state index contributed by atoms with van der Waals surface area (Å²) in [5.41, 5.74) is 2.97. The highest BCUT2D eigenvalue weighted by atomic mass is 35.5. The zero-order valence-corrected chi connectivity index (χ0v) is 19.1. The topological polar surface area (TPSA) is 55.2 Å². The molecule has 0 unspecified atom stereocenters. The number of hydrogen-bond acceptors (Lipinski definition) is 4. The summed E-state index contributed by atoms with van der Waals surface area (Å²) in [4.78, 5) is 11.8. The van der Waals surface area contributed by atoms with Crippen molar-refractivity contribution in [3.05, 3.63) is 98.8 Å². The molecule has 0 spiro atoms. The first-order valence-electron chi connectivity index (χ1n) is 10.3. The van der Waals surface area contributed by atoms with Crippen molar-refractivity contribution < 1.29 is 9.31 Å². The minimum atomic E-state index is -0.356. The van der Waals surface area contributed by atoms with Crippen LogP contribution in [0.25, 0.3) is 0 Å². The fourth-order valence-electron chi connectivity index (χ4n) is 4.98. The van der Waals surface area contributed by atoms with Gasteiger partial charge in [-0.15, -0.1) is 23.4 Å². The third-order valence-electron chi connectivity index (χ3n) is 6.37. The van der Waals surface area contributed by atoms with Gasteiger partial charge in [0.1, 0.15) is 5.82 Å². The number of nitrogens with zero attached hydrogens (tertiary/aromatic N) is 1. The van der Waals surface area contributed by atoms with Gasteiger partial charge >= 0.3 is 0 Å². The molecular formula is C24H19Cl2FN2O2S. The third-order valence-corrected chi connectivity index (χ3v) is 8.79. The maximum atomic E-state index is 13.6. The van der Waals surface area contributed by atoms with Gasteiger partial charge in [0.2, 0.25) is 0 Å². The zero-order valence-electron chi connectivity index (χ0n) is 16.8. The minimum Gasteiger partial charge on any atom is -0.376 e. The lowest BCUT2D eigenvalue weighted by molar-refractivity contribution is -0.387. The number of nitro groups is 1. The van der Waals surface area contributed by atoms with Crippen molar-refractivity contribution in [1.82, 2.24) is 0 Å². The van der Waals surface area contributed by atoms with Gasteiger partial charge < -0.3 is 5.32 Å². The number of nitrogens with one attached hydrogen (secondary N) is 1. The largest absolute Gasteiger partial charge is 0.376 e. The number of anilines is 1. The van der Waals surface area contributed by atoms with Gasteiger partial charge in [-0.05, 0) is 47.7 Å². The van der Waals surface area contributed by atoms with Crippen molar-refractivity contribution in [2.24, 2.45) is 5.92 Å². The van der Waals surface area contributed by atoms with E-state index in [1.165, 1.54) is 30.0 Å². The molecule has 0 bridgehead atoms. The van der Waals surface area contributed by atoms with Crippen LogP contribution < -0.4 is 5.32 Å². The second-order valence-electron chi connectivity index (χ2n) is 8.13. The van der Waals surface area contributed by atoms with Gasteiger partial charge in [0.15, 0.2) is 0 Å². The number of fused-ring (bicyclic) bond motifs is 3. The molecule has 0 amide bonds. The third kappa shape index (κ3) is 3.74. The van der Waals surface area contributed by atoms with Crippen LogP contribution in [0.5, 0.6) is 0 Å². The standard InChI is InChI=1S/C24H19Cl2FN2O2S/c25-17-5-3-4-15-21-16(23(28-24(15)17)13-8-10-14(27)11-9-13)12-20(22(21)26)32-19-7-2-1-6-18(19)29(30)31/h1-11,16,20-23,28H,12H2/t16-,20+,21+,22+,23-/m0/s1. The number of benzene rings is 3. The molecule has 2 aliphatic rings. The molecule has 5 atom stereocenters. The number of nitro benzene ring substituents is 1. The van der Waals surface area contributed by atoms with E-state index in [2.05, 4.69) is 5.32 Å². The van der Waals surface area contributed by atoms with Crippen LogP contribution in [0, 0.1) is 21.8 Å². The lowest BCUT2D eigenvalue weighted by Gasteiger charge is -2.38. The van der Waals surface area contributed by atoms with Crippen molar-refractivity contribution in [2.45, 2.75) is 33.9 Å². The molecule has 5 rings (SSSR count). The number of para-hydroxylation sites is 2. The van der Waals surface area contributed by atoms with Crippen molar-refractivity contribution in [2.75, 3.05) is 5.32 Å². The highest BCUT2D eigenvalue weighted by Crippen LogP contribution is 2.58. The van der Waals surface area contributed by atoms with Gasteiger partial charge in [-0.2, -0.15) is 0 Å². The normalized spacial score (nSPS) is 26.2. The Bertz CT molecular complexity index is 1180. The molecule has 32 heavy (non-hydrogen) atoms. The molecule has 164 valence electrons. The van der Waals surface area contributed by atoms with E-state index in [0.29, 0.717) is 9.92 Å². The van der Waals surface area contributed by atoms with Crippen LogP contribution in [0.2, 0.25) is 5.02 Å². The quantitative estimate of drug-likeness (QED) is 0.235. The molecule has 4 nitrogen and oxygen atoms in total. The first kappa shape index (κ1) is 21.6. The monoisotopic (exact) mass is 488 g/mol. The number of thioether (sulfide) groups is 1. The molecule has 0 radical (unpaired) electrons. The van der Waals surface area contributed by atoms with E-state index in [1.807, 2.05) is 18.2 Å². The van der Waals surface area contributed by atoms with Crippen LogP contribution in [0.1, 0.15) is 29.5 Å². The average Bonchev–Trinajstić information content (AvgIpc) is 3.11. The first-order chi connectivity index (χ1) is 15.4. The van der Waals surface area contributed by atoms with E-state index in [4.69, 9.17) is 23.2 Å². The SMILES string of the molecule is O=[N+]([O-])c1ccccc1S[C@@H]1C[C@H]2[C@@H](c3cccc(Cl)c3N[C@H]2c2ccc(F)cc2)[C@@H]1Cl. The molecule has 3 aromatic carbocycles. The molecule has 1 aliphatic carbocycles. The summed E-state index contributed by atoms with van der Waals surface area (Å²) in [5, 5.41) is 15.4. The van der Waals surface area contributed by atoms with E-state index in [-0.39, 0.29) is 44.9 Å². The summed E-state index contributed by atoms with van der Waals surface area (Å²) in [6.07, 6.45) is 0.760. The second kappa shape index (κ2) is 8.58. The van der Waals surface area contributed by atoms with Gasteiger partial charge in [0.05, 0.1) is 31.9 Å². The Morgan fingerprint density at radius 2 is 1.81 bits per heavy atom. The summed E-state index contributed by atoms with van der Waals surface area (Å²) in [7, 11) is 0. The Labute approximate surface area is 199 Å². The van der Waals surface area contributed by atoms with Gasteiger partial charge in [-0.25, -0.2) is 4.39 Å². The van der Waals surface area contributed by atoms with Gasteiger partial charge in [0, 0.05) is 17.2 Å².